The van der Waals surface area contributed by atoms with Gasteiger partial charge in [0.2, 0.25) is 23.6 Å². The molecule has 0 saturated heterocycles. The van der Waals surface area contributed by atoms with Gasteiger partial charge in [-0.2, -0.15) is 4.98 Å². The third-order valence-corrected chi connectivity index (χ3v) is 6.14. The molecular weight excluding hydrogens is 514 g/mol. The second-order valence-electron chi connectivity index (χ2n) is 8.45. The van der Waals surface area contributed by atoms with Crippen LogP contribution in [0.5, 0.6) is 28.7 Å². The van der Waals surface area contributed by atoms with Gasteiger partial charge in [0, 0.05) is 24.4 Å². The molecule has 0 aliphatic heterocycles. The Balaban J connectivity index is 1.48. The Kier molecular flexibility index (Phi) is 7.67. The van der Waals surface area contributed by atoms with Gasteiger partial charge in [-0.3, -0.25) is 0 Å². The Morgan fingerprint density at radius 1 is 0.725 bits per heavy atom. The van der Waals surface area contributed by atoms with Crippen molar-refractivity contribution in [3.63, 3.8) is 0 Å². The Bertz CT molecular complexity index is 1610. The van der Waals surface area contributed by atoms with Crippen molar-refractivity contribution in [1.29, 1.82) is 0 Å². The highest BCUT2D eigenvalue weighted by molar-refractivity contribution is 5.80. The molecule has 0 saturated carbocycles. The van der Waals surface area contributed by atoms with Crippen LogP contribution in [-0.4, -0.2) is 60.1 Å². The summed E-state index contributed by atoms with van der Waals surface area (Å²) in [5.41, 5.74) is 3.25. The summed E-state index contributed by atoms with van der Waals surface area (Å²) in [6.07, 6.45) is 1.44. The van der Waals surface area contributed by atoms with E-state index in [9.17, 15) is 0 Å². The maximum atomic E-state index is 5.46. The summed E-state index contributed by atoms with van der Waals surface area (Å²) in [6.45, 7) is 0.477. The van der Waals surface area contributed by atoms with Crippen molar-refractivity contribution in [3.05, 3.63) is 66.5 Å². The summed E-state index contributed by atoms with van der Waals surface area (Å²) < 4.78 is 29.0. The zero-order valence-corrected chi connectivity index (χ0v) is 22.8. The lowest BCUT2D eigenvalue weighted by Crippen LogP contribution is -2.10. The molecule has 0 aliphatic rings. The number of para-hydroxylation sites is 2. The van der Waals surface area contributed by atoms with Crippen molar-refractivity contribution in [3.8, 4) is 34.7 Å². The number of nitrogens with zero attached hydrogens (tertiary/aromatic N) is 5. The van der Waals surface area contributed by atoms with E-state index < -0.39 is 0 Å². The highest BCUT2D eigenvalue weighted by Crippen LogP contribution is 2.40. The van der Waals surface area contributed by atoms with Crippen molar-refractivity contribution >= 4 is 28.6 Å². The van der Waals surface area contributed by atoms with Crippen molar-refractivity contribution in [1.82, 2.24) is 24.5 Å². The number of benzene rings is 3. The van der Waals surface area contributed by atoms with Gasteiger partial charge in [-0.1, -0.05) is 18.2 Å². The van der Waals surface area contributed by atoms with Gasteiger partial charge in [0.1, 0.15) is 6.33 Å². The number of imidazole rings is 1. The van der Waals surface area contributed by atoms with Crippen LogP contribution in [0.1, 0.15) is 5.56 Å². The number of methoxy groups -OCH3 is 5. The van der Waals surface area contributed by atoms with Crippen LogP contribution in [0.15, 0.2) is 60.9 Å². The summed E-state index contributed by atoms with van der Waals surface area (Å²) in [4.78, 5) is 18.2. The van der Waals surface area contributed by atoms with Crippen molar-refractivity contribution in [2.24, 2.45) is 0 Å². The predicted octanol–water partition coefficient (Wildman–Crippen LogP) is 4.61. The zero-order chi connectivity index (χ0) is 28.1. The number of nitrogens with one attached hydrogen (secondary N) is 2. The molecule has 12 heteroatoms. The van der Waals surface area contributed by atoms with Crippen LogP contribution < -0.4 is 34.3 Å². The normalized spacial score (nSPS) is 10.7. The smallest absolute Gasteiger partial charge is 0.241 e. The fourth-order valence-electron chi connectivity index (χ4n) is 4.26. The minimum atomic E-state index is 0.322. The second-order valence-corrected chi connectivity index (χ2v) is 8.45. The quantitative estimate of drug-likeness (QED) is 0.242. The number of rotatable bonds is 11. The van der Waals surface area contributed by atoms with Crippen LogP contribution in [0.4, 0.5) is 17.6 Å². The first-order chi connectivity index (χ1) is 19.6. The maximum absolute atomic E-state index is 5.46. The van der Waals surface area contributed by atoms with Crippen molar-refractivity contribution in [2.45, 2.75) is 6.54 Å². The number of aromatic nitrogens is 5. The zero-order valence-electron chi connectivity index (χ0n) is 22.8. The van der Waals surface area contributed by atoms with Gasteiger partial charge >= 0.3 is 0 Å². The van der Waals surface area contributed by atoms with E-state index in [0.717, 1.165) is 16.6 Å². The van der Waals surface area contributed by atoms with Crippen LogP contribution in [0.3, 0.4) is 0 Å². The van der Waals surface area contributed by atoms with Crippen molar-refractivity contribution < 1.29 is 23.7 Å². The summed E-state index contributed by atoms with van der Waals surface area (Å²) >= 11 is 0. The molecule has 0 spiro atoms. The van der Waals surface area contributed by atoms with E-state index in [-0.39, 0.29) is 0 Å². The largest absolute Gasteiger partial charge is 0.493 e. The third kappa shape index (κ3) is 5.19. The molecule has 0 unspecified atom stereocenters. The summed E-state index contributed by atoms with van der Waals surface area (Å²) in [5, 5.41) is 6.60. The van der Waals surface area contributed by atoms with E-state index in [1.165, 1.54) is 6.33 Å². The van der Waals surface area contributed by atoms with E-state index >= 15 is 0 Å². The van der Waals surface area contributed by atoms with Crippen LogP contribution in [-0.2, 0) is 6.54 Å². The number of hydrogen-bond acceptors (Lipinski definition) is 11. The monoisotopic (exact) mass is 543 g/mol. The fraction of sp³-hybridized carbons (Fsp3) is 0.214. The molecule has 206 valence electrons. The molecule has 0 fully saturated rings. The Morgan fingerprint density at radius 3 is 2.15 bits per heavy atom. The van der Waals surface area contributed by atoms with Gasteiger partial charge in [0.25, 0.3) is 0 Å². The van der Waals surface area contributed by atoms with Crippen molar-refractivity contribution in [2.75, 3.05) is 46.2 Å². The summed E-state index contributed by atoms with van der Waals surface area (Å²) in [6, 6.07) is 17.1. The van der Waals surface area contributed by atoms with Gasteiger partial charge in [0.05, 0.1) is 46.6 Å². The minimum Gasteiger partial charge on any atom is -0.493 e. The van der Waals surface area contributed by atoms with Crippen LogP contribution in [0.2, 0.25) is 0 Å². The number of hydrogen-bond donors (Lipinski definition) is 2. The number of fused-ring (bicyclic) bond motifs is 1. The lowest BCUT2D eigenvalue weighted by Gasteiger charge is -2.15. The number of ether oxygens (including phenoxy) is 5. The standard InChI is InChI=1S/C28H29N7O5/c1-36-21-11-10-17(12-22(21)37-2)15-29-27-33-19-8-6-7-9-20(19)35(27)28-31-16-30-26(34-28)32-18-13-23(38-3)25(40-5)24(14-18)39-4/h6-14,16H,15H2,1-5H3,(H,29,33)(H,30,31,32,34). The molecular formula is C28H29N7O5. The molecule has 0 radical (unpaired) electrons. The molecule has 5 aromatic rings. The van der Waals surface area contributed by atoms with Gasteiger partial charge in [-0.25, -0.2) is 19.5 Å². The molecule has 0 bridgehead atoms. The maximum Gasteiger partial charge on any atom is 0.241 e. The lowest BCUT2D eigenvalue weighted by molar-refractivity contribution is 0.324. The molecule has 0 aliphatic carbocycles. The summed E-state index contributed by atoms with van der Waals surface area (Å²) in [7, 11) is 7.89. The second kappa shape index (κ2) is 11.6. The fourth-order valence-corrected chi connectivity index (χ4v) is 4.26. The Hall–Kier alpha value is -5.26. The van der Waals surface area contributed by atoms with Gasteiger partial charge in [-0.15, -0.1) is 0 Å². The van der Waals surface area contributed by atoms with E-state index in [1.807, 2.05) is 47.0 Å². The molecule has 40 heavy (non-hydrogen) atoms. The van der Waals surface area contributed by atoms with E-state index in [0.29, 0.717) is 58.8 Å². The van der Waals surface area contributed by atoms with E-state index in [1.54, 1.807) is 47.7 Å². The van der Waals surface area contributed by atoms with Gasteiger partial charge in [0.15, 0.2) is 23.0 Å². The van der Waals surface area contributed by atoms with E-state index in [4.69, 9.17) is 28.7 Å². The first-order valence-corrected chi connectivity index (χ1v) is 12.3. The first kappa shape index (κ1) is 26.4. The topological polar surface area (TPSA) is 127 Å². The lowest BCUT2D eigenvalue weighted by atomic mass is 10.2. The van der Waals surface area contributed by atoms with Crippen LogP contribution in [0, 0.1) is 0 Å². The van der Waals surface area contributed by atoms with Crippen LogP contribution >= 0.6 is 0 Å². The highest BCUT2D eigenvalue weighted by atomic mass is 16.5. The summed E-state index contributed by atoms with van der Waals surface area (Å²) in [5.74, 6) is 4.08. The molecule has 0 atom stereocenters. The Labute approximate surface area is 230 Å². The third-order valence-electron chi connectivity index (χ3n) is 6.14. The molecule has 2 N–H and O–H groups in total. The molecule has 5 rings (SSSR count). The molecule has 12 nitrogen and oxygen atoms in total. The van der Waals surface area contributed by atoms with Gasteiger partial charge < -0.3 is 34.3 Å². The molecule has 0 amide bonds. The predicted molar refractivity (Wildman–Crippen MR) is 151 cm³/mol. The minimum absolute atomic E-state index is 0.322. The van der Waals surface area contributed by atoms with E-state index in [2.05, 4.69) is 25.6 Å². The SMILES string of the molecule is COc1ccc(CNc2nc3ccccc3n2-c2ncnc(Nc3cc(OC)c(OC)c(OC)c3)n2)cc1OC. The first-order valence-electron chi connectivity index (χ1n) is 12.3. The highest BCUT2D eigenvalue weighted by Gasteiger charge is 2.17. The van der Waals surface area contributed by atoms with Gasteiger partial charge in [-0.05, 0) is 29.8 Å². The average molecular weight is 544 g/mol. The average Bonchev–Trinajstić information content (AvgIpc) is 3.37. The Morgan fingerprint density at radius 2 is 1.45 bits per heavy atom. The molecule has 2 aromatic heterocycles. The molecule has 3 aromatic carbocycles. The molecule has 2 heterocycles. The van der Waals surface area contributed by atoms with Crippen LogP contribution in [0.25, 0.3) is 17.0 Å². The number of anilines is 3.